The van der Waals surface area contributed by atoms with Gasteiger partial charge in [-0.25, -0.2) is 5.84 Å². The number of nitrogens with one attached hydrogen (secondary N) is 2. The Kier molecular flexibility index (Phi) is 4.30. The van der Waals surface area contributed by atoms with Crippen LogP contribution in [0.5, 0.6) is 6.01 Å². The van der Waals surface area contributed by atoms with E-state index < -0.39 is 5.60 Å². The van der Waals surface area contributed by atoms with Gasteiger partial charge < -0.3 is 19.9 Å². The fourth-order valence-corrected chi connectivity index (χ4v) is 1.67. The Hall–Kier alpha value is -1.71. The molecule has 1 aromatic rings. The van der Waals surface area contributed by atoms with Crippen LogP contribution < -0.4 is 21.3 Å². The first-order valence-electron chi connectivity index (χ1n) is 6.05. The number of rotatable bonds is 6. The molecule has 1 unspecified atom stereocenters. The van der Waals surface area contributed by atoms with E-state index in [0.717, 1.165) is 0 Å². The van der Waals surface area contributed by atoms with Crippen molar-refractivity contribution in [2.45, 2.75) is 18.9 Å². The monoisotopic (exact) mass is 270 g/mol. The molecule has 0 radical (unpaired) electrons. The quantitative estimate of drug-likeness (QED) is 0.385. The minimum atomic E-state index is -0.894. The molecule has 19 heavy (non-hydrogen) atoms. The van der Waals surface area contributed by atoms with Crippen LogP contribution in [0.25, 0.3) is 0 Å². The summed E-state index contributed by atoms with van der Waals surface area (Å²) in [5.74, 6) is 5.75. The zero-order chi connectivity index (χ0) is 13.7. The van der Waals surface area contributed by atoms with E-state index in [1.165, 1.54) is 0 Å². The highest BCUT2D eigenvalue weighted by Crippen LogP contribution is 2.19. The molecule has 1 aliphatic heterocycles. The molecule has 2 rings (SSSR count). The number of nitrogens with two attached hydrogens (primary N) is 1. The van der Waals surface area contributed by atoms with Crippen LogP contribution in [0.1, 0.15) is 13.3 Å². The molecule has 0 spiro atoms. The molecule has 106 valence electrons. The van der Waals surface area contributed by atoms with Gasteiger partial charge in [0.15, 0.2) is 0 Å². The summed E-state index contributed by atoms with van der Waals surface area (Å²) in [6, 6.07) is 0.169. The lowest BCUT2D eigenvalue weighted by molar-refractivity contribution is 0.0380. The predicted molar refractivity (Wildman–Crippen MR) is 67.7 cm³/mol. The number of nitrogen functional groups attached to an aromatic ring is 1. The van der Waals surface area contributed by atoms with E-state index in [-0.39, 0.29) is 24.5 Å². The Morgan fingerprint density at radius 3 is 2.84 bits per heavy atom. The maximum Gasteiger partial charge on any atom is 0.323 e. The van der Waals surface area contributed by atoms with Gasteiger partial charge in [-0.1, -0.05) is 0 Å². The number of ether oxygens (including phenoxy) is 2. The summed E-state index contributed by atoms with van der Waals surface area (Å²) in [6.45, 7) is 3.39. The summed E-state index contributed by atoms with van der Waals surface area (Å²) in [6.07, 6.45) is 0.575. The first kappa shape index (κ1) is 13.7. The first-order valence-corrected chi connectivity index (χ1v) is 6.05. The number of hydrogen-bond acceptors (Lipinski definition) is 9. The molecule has 0 aliphatic carbocycles. The van der Waals surface area contributed by atoms with E-state index in [1.54, 1.807) is 0 Å². The Balaban J connectivity index is 2.04. The molecule has 9 nitrogen and oxygen atoms in total. The van der Waals surface area contributed by atoms with E-state index in [0.29, 0.717) is 26.2 Å². The van der Waals surface area contributed by atoms with E-state index in [4.69, 9.17) is 15.3 Å². The van der Waals surface area contributed by atoms with Crippen molar-refractivity contribution in [1.82, 2.24) is 15.0 Å². The zero-order valence-corrected chi connectivity index (χ0v) is 10.7. The Morgan fingerprint density at radius 2 is 2.21 bits per heavy atom. The van der Waals surface area contributed by atoms with Crippen molar-refractivity contribution in [2.75, 3.05) is 37.1 Å². The highest BCUT2D eigenvalue weighted by Gasteiger charge is 2.32. The number of hydrogen-bond donors (Lipinski definition) is 4. The second kappa shape index (κ2) is 5.95. The standard InChI is InChI=1S/C10H18N6O3/c1-2-19-9-14-7(13-8(15-9)16-11)12-5-10(17)3-4-18-6-10/h17H,2-6,11H2,1H3,(H2,12,13,14,15,16). The normalized spacial score (nSPS) is 22.3. The van der Waals surface area contributed by atoms with Gasteiger partial charge in [0.05, 0.1) is 13.2 Å². The largest absolute Gasteiger partial charge is 0.464 e. The van der Waals surface area contributed by atoms with Crippen molar-refractivity contribution < 1.29 is 14.6 Å². The third-order valence-corrected chi connectivity index (χ3v) is 2.68. The van der Waals surface area contributed by atoms with Crippen LogP contribution in [0.15, 0.2) is 0 Å². The van der Waals surface area contributed by atoms with Gasteiger partial charge in [0.1, 0.15) is 5.60 Å². The van der Waals surface area contributed by atoms with Gasteiger partial charge in [0.2, 0.25) is 11.9 Å². The third-order valence-electron chi connectivity index (χ3n) is 2.68. The van der Waals surface area contributed by atoms with Gasteiger partial charge in [0.25, 0.3) is 0 Å². The summed E-state index contributed by atoms with van der Waals surface area (Å²) >= 11 is 0. The lowest BCUT2D eigenvalue weighted by atomic mass is 10.0. The summed E-state index contributed by atoms with van der Waals surface area (Å²) in [7, 11) is 0. The molecule has 2 heterocycles. The molecule has 1 fully saturated rings. The Morgan fingerprint density at radius 1 is 1.42 bits per heavy atom. The number of aliphatic hydroxyl groups is 1. The summed E-state index contributed by atoms with van der Waals surface area (Å²) in [5.41, 5.74) is 1.44. The highest BCUT2D eigenvalue weighted by atomic mass is 16.5. The van der Waals surface area contributed by atoms with Gasteiger partial charge in [0, 0.05) is 19.6 Å². The molecular weight excluding hydrogens is 252 g/mol. The number of nitrogens with zero attached hydrogens (tertiary/aromatic N) is 3. The van der Waals surface area contributed by atoms with Gasteiger partial charge in [-0.2, -0.15) is 15.0 Å². The minimum absolute atomic E-state index is 0.169. The second-order valence-electron chi connectivity index (χ2n) is 4.22. The average Bonchev–Trinajstić information content (AvgIpc) is 2.84. The SMILES string of the molecule is CCOc1nc(NN)nc(NCC2(O)CCOC2)n1. The summed E-state index contributed by atoms with van der Waals surface area (Å²) < 4.78 is 10.4. The fraction of sp³-hybridized carbons (Fsp3) is 0.700. The number of anilines is 2. The van der Waals surface area contributed by atoms with Crippen molar-refractivity contribution in [1.29, 1.82) is 0 Å². The first-order chi connectivity index (χ1) is 9.15. The van der Waals surface area contributed by atoms with Crippen molar-refractivity contribution in [3.8, 4) is 6.01 Å². The molecular formula is C10H18N6O3. The molecule has 1 aliphatic rings. The molecule has 0 amide bonds. The van der Waals surface area contributed by atoms with E-state index in [9.17, 15) is 5.11 Å². The topological polar surface area (TPSA) is 127 Å². The average molecular weight is 270 g/mol. The minimum Gasteiger partial charge on any atom is -0.464 e. The molecule has 9 heteroatoms. The van der Waals surface area contributed by atoms with Crippen LogP contribution >= 0.6 is 0 Å². The molecule has 5 N–H and O–H groups in total. The zero-order valence-electron chi connectivity index (χ0n) is 10.7. The van der Waals surface area contributed by atoms with Gasteiger partial charge in [-0.3, -0.25) is 5.43 Å². The Labute approximate surface area is 110 Å². The maximum atomic E-state index is 10.1. The lowest BCUT2D eigenvalue weighted by Gasteiger charge is -2.20. The highest BCUT2D eigenvalue weighted by molar-refractivity contribution is 5.35. The maximum absolute atomic E-state index is 10.1. The van der Waals surface area contributed by atoms with Crippen LogP contribution in [-0.4, -0.2) is 52.0 Å². The fourth-order valence-electron chi connectivity index (χ4n) is 1.67. The van der Waals surface area contributed by atoms with Gasteiger partial charge >= 0.3 is 6.01 Å². The van der Waals surface area contributed by atoms with Crippen molar-refractivity contribution in [3.63, 3.8) is 0 Å². The van der Waals surface area contributed by atoms with Crippen LogP contribution in [0.3, 0.4) is 0 Å². The van der Waals surface area contributed by atoms with Crippen molar-refractivity contribution in [2.24, 2.45) is 5.84 Å². The molecule has 0 bridgehead atoms. The lowest BCUT2D eigenvalue weighted by Crippen LogP contribution is -2.37. The third kappa shape index (κ3) is 3.63. The van der Waals surface area contributed by atoms with E-state index in [1.807, 2.05) is 6.92 Å². The van der Waals surface area contributed by atoms with Gasteiger partial charge in [-0.05, 0) is 6.92 Å². The van der Waals surface area contributed by atoms with E-state index >= 15 is 0 Å². The second-order valence-corrected chi connectivity index (χ2v) is 4.22. The van der Waals surface area contributed by atoms with Crippen molar-refractivity contribution >= 4 is 11.9 Å². The summed E-state index contributed by atoms with van der Waals surface area (Å²) in [5, 5.41) is 13.1. The van der Waals surface area contributed by atoms with Crippen LogP contribution in [0, 0.1) is 0 Å². The number of hydrazine groups is 1. The molecule has 1 saturated heterocycles. The van der Waals surface area contributed by atoms with E-state index in [2.05, 4.69) is 25.7 Å². The molecule has 1 aromatic heterocycles. The number of aromatic nitrogens is 3. The van der Waals surface area contributed by atoms with Crippen molar-refractivity contribution in [3.05, 3.63) is 0 Å². The predicted octanol–water partition coefficient (Wildman–Crippen LogP) is -0.881. The molecule has 1 atom stereocenters. The van der Waals surface area contributed by atoms with Gasteiger partial charge in [-0.15, -0.1) is 0 Å². The van der Waals surface area contributed by atoms with Crippen LogP contribution in [0.2, 0.25) is 0 Å². The van der Waals surface area contributed by atoms with Crippen LogP contribution in [-0.2, 0) is 4.74 Å². The van der Waals surface area contributed by atoms with Crippen LogP contribution in [0.4, 0.5) is 11.9 Å². The molecule has 0 aromatic carbocycles. The Bertz CT molecular complexity index is 424. The smallest absolute Gasteiger partial charge is 0.323 e. The molecule has 0 saturated carbocycles. The summed E-state index contributed by atoms with van der Waals surface area (Å²) in [4.78, 5) is 12.0.